The van der Waals surface area contributed by atoms with Crippen molar-refractivity contribution in [2.75, 3.05) is 0 Å². The second kappa shape index (κ2) is 5.43. The molecule has 84 valence electrons. The Morgan fingerprint density at radius 3 is 2.14 bits per heavy atom. The van der Waals surface area contributed by atoms with Gasteiger partial charge in [0.15, 0.2) is 0 Å². The number of nitrogens with two attached hydrogens (primary N) is 2. The maximum absolute atomic E-state index is 10.6. The van der Waals surface area contributed by atoms with Crippen molar-refractivity contribution in [3.05, 3.63) is 0 Å². The second-order valence-corrected chi connectivity index (χ2v) is 4.87. The minimum absolute atomic E-state index is 0.0608. The van der Waals surface area contributed by atoms with Crippen LogP contribution in [-0.4, -0.2) is 32.7 Å². The molecule has 0 spiro atoms. The van der Waals surface area contributed by atoms with E-state index in [0.29, 0.717) is 0 Å². The Morgan fingerprint density at radius 1 is 1.29 bits per heavy atom. The summed E-state index contributed by atoms with van der Waals surface area (Å²) in [5.74, 6) is -2.36. The van der Waals surface area contributed by atoms with Crippen LogP contribution >= 0.6 is 7.60 Å². The van der Waals surface area contributed by atoms with Crippen LogP contribution < -0.4 is 11.5 Å². The summed E-state index contributed by atoms with van der Waals surface area (Å²) in [6, 6.07) is -1.00. The first-order chi connectivity index (χ1) is 6.25. The predicted octanol–water partition coefficient (Wildman–Crippen LogP) is -0.969. The third-order valence-electron chi connectivity index (χ3n) is 1.76. The quantitative estimate of drug-likeness (QED) is 0.366. The SMILES string of the molecule is NC(CCC[C@H](N)C(=O)O)P(=O)(O)O. The number of rotatable bonds is 6. The number of carbonyl (C=O) groups is 1. The summed E-state index contributed by atoms with van der Waals surface area (Å²) in [6.45, 7) is 0. The highest BCUT2D eigenvalue weighted by molar-refractivity contribution is 7.52. The first-order valence-electron chi connectivity index (χ1n) is 4.04. The zero-order chi connectivity index (χ0) is 11.4. The number of carboxylic acids is 1. The summed E-state index contributed by atoms with van der Waals surface area (Å²) in [5, 5.41) is 8.40. The lowest BCUT2D eigenvalue weighted by atomic mass is 10.1. The smallest absolute Gasteiger partial charge is 0.342 e. The monoisotopic (exact) mass is 226 g/mol. The maximum atomic E-state index is 10.6. The zero-order valence-electron chi connectivity index (χ0n) is 7.54. The molecule has 14 heavy (non-hydrogen) atoms. The first-order valence-corrected chi connectivity index (χ1v) is 5.72. The molecule has 0 saturated heterocycles. The van der Waals surface area contributed by atoms with Crippen LogP contribution in [-0.2, 0) is 9.36 Å². The normalized spacial score (nSPS) is 16.3. The van der Waals surface area contributed by atoms with Crippen LogP contribution in [0.1, 0.15) is 19.3 Å². The van der Waals surface area contributed by atoms with Gasteiger partial charge < -0.3 is 26.4 Å². The molecule has 0 amide bonds. The molecule has 1 unspecified atom stereocenters. The number of aliphatic carboxylic acids is 1. The third kappa shape index (κ3) is 5.31. The van der Waals surface area contributed by atoms with Gasteiger partial charge in [0.1, 0.15) is 11.8 Å². The van der Waals surface area contributed by atoms with Gasteiger partial charge in [-0.25, -0.2) is 0 Å². The Kier molecular flexibility index (Phi) is 5.25. The van der Waals surface area contributed by atoms with Crippen molar-refractivity contribution in [1.29, 1.82) is 0 Å². The van der Waals surface area contributed by atoms with E-state index >= 15 is 0 Å². The summed E-state index contributed by atoms with van der Waals surface area (Å²) < 4.78 is 10.6. The average molecular weight is 226 g/mol. The molecule has 0 aromatic heterocycles. The average Bonchev–Trinajstić information content (AvgIpc) is 2.01. The molecule has 7 N–H and O–H groups in total. The Hall–Kier alpha value is -0.460. The standard InChI is InChI=1S/C6H15N2O5P/c7-4(6(9)10)2-1-3-5(8)14(11,12)13/h4-5H,1-3,7-8H2,(H,9,10)(H2,11,12,13)/t4-,5?/m0/s1. The number of carboxylic acid groups (broad SMARTS) is 1. The summed E-state index contributed by atoms with van der Waals surface area (Å²) in [7, 11) is -4.25. The predicted molar refractivity (Wildman–Crippen MR) is 49.5 cm³/mol. The molecule has 0 aliphatic rings. The molecule has 0 aliphatic heterocycles. The fourth-order valence-electron chi connectivity index (χ4n) is 0.839. The highest BCUT2D eigenvalue weighted by atomic mass is 31.2. The number of hydrogen-bond donors (Lipinski definition) is 5. The molecule has 0 rings (SSSR count). The molecule has 0 aromatic carbocycles. The van der Waals surface area contributed by atoms with Crippen molar-refractivity contribution in [1.82, 2.24) is 0 Å². The van der Waals surface area contributed by atoms with Crippen molar-refractivity contribution in [2.24, 2.45) is 11.5 Å². The maximum Gasteiger partial charge on any atom is 0.342 e. The first kappa shape index (κ1) is 13.5. The molecule has 8 heteroatoms. The largest absolute Gasteiger partial charge is 0.480 e. The molecule has 0 bridgehead atoms. The zero-order valence-corrected chi connectivity index (χ0v) is 8.43. The molecule has 0 radical (unpaired) electrons. The van der Waals surface area contributed by atoms with Gasteiger partial charge in [-0.3, -0.25) is 9.36 Å². The summed E-state index contributed by atoms with van der Waals surface area (Å²) in [6.07, 6.45) is 0.494. The third-order valence-corrected chi connectivity index (χ3v) is 2.89. The lowest BCUT2D eigenvalue weighted by Crippen LogP contribution is -2.30. The summed E-state index contributed by atoms with van der Waals surface area (Å²) in [5.41, 5.74) is 10.3. The van der Waals surface area contributed by atoms with E-state index in [9.17, 15) is 9.36 Å². The highest BCUT2D eigenvalue weighted by Gasteiger charge is 2.24. The van der Waals surface area contributed by atoms with E-state index in [1.54, 1.807) is 0 Å². The molecule has 7 nitrogen and oxygen atoms in total. The molecule has 0 heterocycles. The van der Waals surface area contributed by atoms with Gasteiger partial charge in [0, 0.05) is 0 Å². The Morgan fingerprint density at radius 2 is 1.79 bits per heavy atom. The summed E-state index contributed by atoms with van der Waals surface area (Å²) >= 11 is 0. The molecule has 0 saturated carbocycles. The van der Waals surface area contributed by atoms with Gasteiger partial charge >= 0.3 is 13.6 Å². The van der Waals surface area contributed by atoms with Gasteiger partial charge in [0.2, 0.25) is 0 Å². The number of hydrogen-bond acceptors (Lipinski definition) is 4. The molecular formula is C6H15N2O5P. The molecule has 0 aliphatic carbocycles. The van der Waals surface area contributed by atoms with Gasteiger partial charge in [-0.15, -0.1) is 0 Å². The lowest BCUT2D eigenvalue weighted by Gasteiger charge is -2.13. The fraction of sp³-hybridized carbons (Fsp3) is 0.833. The van der Waals surface area contributed by atoms with Crippen LogP contribution in [0.2, 0.25) is 0 Å². The van der Waals surface area contributed by atoms with E-state index in [2.05, 4.69) is 0 Å². The van der Waals surface area contributed by atoms with Crippen molar-refractivity contribution in [3.63, 3.8) is 0 Å². The van der Waals surface area contributed by atoms with Crippen molar-refractivity contribution < 1.29 is 24.3 Å². The van der Waals surface area contributed by atoms with Gasteiger partial charge in [0.05, 0.1) is 0 Å². The minimum Gasteiger partial charge on any atom is -0.480 e. The second-order valence-electron chi connectivity index (χ2n) is 3.03. The van der Waals surface area contributed by atoms with Crippen LogP contribution in [0.5, 0.6) is 0 Å². The van der Waals surface area contributed by atoms with Crippen LogP contribution in [0.4, 0.5) is 0 Å². The highest BCUT2D eigenvalue weighted by Crippen LogP contribution is 2.40. The minimum atomic E-state index is -4.25. The molecule has 0 fully saturated rings. The van der Waals surface area contributed by atoms with Crippen LogP contribution in [0, 0.1) is 0 Å². The molecule has 0 aromatic rings. The van der Waals surface area contributed by atoms with E-state index in [4.69, 9.17) is 26.4 Å². The van der Waals surface area contributed by atoms with Gasteiger partial charge in [0.25, 0.3) is 0 Å². The van der Waals surface area contributed by atoms with Crippen molar-refractivity contribution >= 4 is 13.6 Å². The lowest BCUT2D eigenvalue weighted by molar-refractivity contribution is -0.138. The molecule has 2 atom stereocenters. The van der Waals surface area contributed by atoms with E-state index in [0.717, 1.165) is 0 Å². The Labute approximate surface area is 81.3 Å². The summed E-state index contributed by atoms with van der Waals surface area (Å²) in [4.78, 5) is 27.5. The topological polar surface area (TPSA) is 147 Å². The van der Waals surface area contributed by atoms with E-state index in [1.807, 2.05) is 0 Å². The van der Waals surface area contributed by atoms with Gasteiger partial charge in [-0.05, 0) is 19.3 Å². The van der Waals surface area contributed by atoms with Crippen molar-refractivity contribution in [3.8, 4) is 0 Å². The van der Waals surface area contributed by atoms with E-state index < -0.39 is 25.4 Å². The van der Waals surface area contributed by atoms with Gasteiger partial charge in [-0.2, -0.15) is 0 Å². The fourth-order valence-corrected chi connectivity index (χ4v) is 1.36. The van der Waals surface area contributed by atoms with Crippen LogP contribution in [0.25, 0.3) is 0 Å². The van der Waals surface area contributed by atoms with Crippen molar-refractivity contribution in [2.45, 2.75) is 31.1 Å². The Bertz CT molecular complexity index is 240. The van der Waals surface area contributed by atoms with E-state index in [1.165, 1.54) is 0 Å². The van der Waals surface area contributed by atoms with Crippen LogP contribution in [0.15, 0.2) is 0 Å². The van der Waals surface area contributed by atoms with E-state index in [-0.39, 0.29) is 19.3 Å². The van der Waals surface area contributed by atoms with Crippen LogP contribution in [0.3, 0.4) is 0 Å². The van der Waals surface area contributed by atoms with Gasteiger partial charge in [-0.1, -0.05) is 0 Å². The Balaban J connectivity index is 3.76. The molecular weight excluding hydrogens is 211 g/mol.